The van der Waals surface area contributed by atoms with Crippen LogP contribution in [0.3, 0.4) is 0 Å². The third-order valence-corrected chi connectivity index (χ3v) is 7.93. The van der Waals surface area contributed by atoms with Gasteiger partial charge in [-0.3, -0.25) is 4.79 Å². The van der Waals surface area contributed by atoms with E-state index in [-0.39, 0.29) is 11.9 Å². The number of phenols is 1. The van der Waals surface area contributed by atoms with Gasteiger partial charge in [0.1, 0.15) is 5.75 Å². The lowest BCUT2D eigenvalue weighted by molar-refractivity contribution is -0.123. The Balaban J connectivity index is 1.27. The summed E-state index contributed by atoms with van der Waals surface area (Å²) in [6.45, 7) is 7.10. The van der Waals surface area contributed by atoms with Crippen LogP contribution in [0.2, 0.25) is 0 Å². The normalized spacial score (nSPS) is 19.2. The molecule has 188 valence electrons. The molecule has 3 atom stereocenters. The summed E-state index contributed by atoms with van der Waals surface area (Å²) in [7, 11) is 0. The van der Waals surface area contributed by atoms with E-state index in [4.69, 9.17) is 5.73 Å². The summed E-state index contributed by atoms with van der Waals surface area (Å²) in [6, 6.07) is 16.1. The van der Waals surface area contributed by atoms with Crippen molar-refractivity contribution < 1.29 is 9.90 Å². The monoisotopic (exact) mass is 483 g/mol. The highest BCUT2D eigenvalue weighted by Gasteiger charge is 2.27. The molecule has 5 nitrogen and oxygen atoms in total. The van der Waals surface area contributed by atoms with Crippen LogP contribution in [0.1, 0.15) is 57.0 Å². The van der Waals surface area contributed by atoms with Crippen LogP contribution in [0.25, 0.3) is 0 Å². The number of benzene rings is 3. The second-order valence-electron chi connectivity index (χ2n) is 10.8. The van der Waals surface area contributed by atoms with Gasteiger partial charge in [0.15, 0.2) is 0 Å². The Hall–Kier alpha value is -3.31. The van der Waals surface area contributed by atoms with E-state index in [0.29, 0.717) is 18.1 Å². The molecule has 1 amide bonds. The van der Waals surface area contributed by atoms with Crippen molar-refractivity contribution in [1.82, 2.24) is 5.32 Å². The topological polar surface area (TPSA) is 87.4 Å². The number of rotatable bonds is 6. The van der Waals surface area contributed by atoms with Gasteiger partial charge in [0, 0.05) is 12.2 Å². The highest BCUT2D eigenvalue weighted by atomic mass is 16.3. The largest absolute Gasteiger partial charge is 0.508 e. The summed E-state index contributed by atoms with van der Waals surface area (Å²) in [4.78, 5) is 13.2. The Morgan fingerprint density at radius 1 is 1.11 bits per heavy atom. The lowest BCUT2D eigenvalue weighted by Gasteiger charge is -2.29. The number of nitrogens with two attached hydrogens (primary N) is 1. The van der Waals surface area contributed by atoms with Crippen molar-refractivity contribution in [3.8, 4) is 5.75 Å². The van der Waals surface area contributed by atoms with Crippen molar-refractivity contribution in [3.63, 3.8) is 0 Å². The van der Waals surface area contributed by atoms with Gasteiger partial charge in [0.05, 0.1) is 12.1 Å². The molecule has 0 bridgehead atoms. The van der Waals surface area contributed by atoms with Crippen molar-refractivity contribution in [3.05, 3.63) is 93.0 Å². The maximum atomic E-state index is 13.2. The summed E-state index contributed by atoms with van der Waals surface area (Å²) in [5, 5.41) is 16.9. The fraction of sp³-hybridized carbons (Fsp3) is 0.387. The molecule has 1 heterocycles. The summed E-state index contributed by atoms with van der Waals surface area (Å²) in [6.07, 6.45) is 4.22. The van der Waals surface area contributed by atoms with Crippen LogP contribution >= 0.6 is 0 Å². The number of fused-ring (bicyclic) bond motifs is 2. The number of carbonyl (C=O) groups excluding carboxylic acids is 1. The van der Waals surface area contributed by atoms with E-state index in [2.05, 4.69) is 67.8 Å². The molecule has 3 unspecified atom stereocenters. The van der Waals surface area contributed by atoms with Crippen LogP contribution in [-0.2, 0) is 30.5 Å². The minimum absolute atomic E-state index is 0.0511. The molecular formula is C31H37N3O2. The highest BCUT2D eigenvalue weighted by molar-refractivity contribution is 5.82. The first kappa shape index (κ1) is 24.4. The Labute approximate surface area is 214 Å². The van der Waals surface area contributed by atoms with Gasteiger partial charge in [0.2, 0.25) is 5.91 Å². The molecule has 0 saturated heterocycles. The van der Waals surface area contributed by atoms with E-state index in [9.17, 15) is 9.90 Å². The fourth-order valence-electron chi connectivity index (χ4n) is 6.17. The first-order valence-corrected chi connectivity index (χ1v) is 13.1. The van der Waals surface area contributed by atoms with Crippen LogP contribution in [-0.4, -0.2) is 23.6 Å². The van der Waals surface area contributed by atoms with Gasteiger partial charge < -0.3 is 21.5 Å². The van der Waals surface area contributed by atoms with Gasteiger partial charge in [-0.05, 0) is 110 Å². The SMILES string of the molecule is Cc1cc(C)c(CC(N)C(=O)NC2CCNc3ccc(CC4Cc5cccc(O)c5C4)cc32)c(C)c1. The van der Waals surface area contributed by atoms with Gasteiger partial charge >= 0.3 is 0 Å². The molecule has 0 saturated carbocycles. The van der Waals surface area contributed by atoms with Crippen LogP contribution in [0, 0.1) is 26.7 Å². The van der Waals surface area contributed by atoms with Crippen molar-refractivity contribution in [2.24, 2.45) is 11.7 Å². The number of carbonyl (C=O) groups is 1. The van der Waals surface area contributed by atoms with Crippen LogP contribution in [0.5, 0.6) is 5.75 Å². The summed E-state index contributed by atoms with van der Waals surface area (Å²) in [5.41, 5.74) is 17.0. The van der Waals surface area contributed by atoms with E-state index < -0.39 is 6.04 Å². The quantitative estimate of drug-likeness (QED) is 0.405. The minimum atomic E-state index is -0.587. The van der Waals surface area contributed by atoms with Crippen molar-refractivity contribution in [1.29, 1.82) is 0 Å². The van der Waals surface area contributed by atoms with Crippen LogP contribution in [0.15, 0.2) is 48.5 Å². The molecule has 0 fully saturated rings. The number of aromatic hydroxyl groups is 1. The molecule has 0 spiro atoms. The van der Waals surface area contributed by atoms with Crippen LogP contribution < -0.4 is 16.4 Å². The third-order valence-electron chi connectivity index (χ3n) is 7.93. The molecule has 0 radical (unpaired) electrons. The van der Waals surface area contributed by atoms with Crippen molar-refractivity contribution >= 4 is 11.6 Å². The summed E-state index contributed by atoms with van der Waals surface area (Å²) < 4.78 is 0. The predicted molar refractivity (Wildman–Crippen MR) is 145 cm³/mol. The lowest BCUT2D eigenvalue weighted by atomic mass is 9.90. The zero-order valence-corrected chi connectivity index (χ0v) is 21.5. The summed E-state index contributed by atoms with van der Waals surface area (Å²) in [5.74, 6) is 0.796. The number of anilines is 1. The molecule has 1 aliphatic carbocycles. The molecule has 1 aliphatic heterocycles. The Morgan fingerprint density at radius 3 is 2.64 bits per heavy atom. The second kappa shape index (κ2) is 9.98. The van der Waals surface area contributed by atoms with Crippen molar-refractivity contribution in [2.75, 3.05) is 11.9 Å². The molecule has 5 rings (SSSR count). The molecular weight excluding hydrogens is 446 g/mol. The van der Waals surface area contributed by atoms with Gasteiger partial charge in [0.25, 0.3) is 0 Å². The summed E-state index contributed by atoms with van der Waals surface area (Å²) >= 11 is 0. The van der Waals surface area contributed by atoms with E-state index in [0.717, 1.165) is 49.0 Å². The maximum absolute atomic E-state index is 13.2. The zero-order chi connectivity index (χ0) is 25.4. The van der Waals surface area contributed by atoms with E-state index in [1.165, 1.54) is 33.4 Å². The fourth-order valence-corrected chi connectivity index (χ4v) is 6.17. The smallest absolute Gasteiger partial charge is 0.237 e. The minimum Gasteiger partial charge on any atom is -0.508 e. The average Bonchev–Trinajstić information content (AvgIpc) is 3.25. The average molecular weight is 484 g/mol. The molecule has 5 heteroatoms. The molecule has 0 aromatic heterocycles. The van der Waals surface area contributed by atoms with E-state index in [1.54, 1.807) is 6.07 Å². The molecule has 2 aliphatic rings. The second-order valence-corrected chi connectivity index (χ2v) is 10.8. The van der Waals surface area contributed by atoms with E-state index >= 15 is 0 Å². The Bertz CT molecular complexity index is 1280. The lowest BCUT2D eigenvalue weighted by Crippen LogP contribution is -2.44. The standard InChI is InChI=1S/C31H37N3O2/c1-18-11-19(2)24(20(3)12-18)17-27(32)31(36)34-29-9-10-33-28-8-7-21(15-26(28)29)13-22-14-23-5-4-6-30(35)25(23)16-22/h4-8,11-12,15,22,27,29,33,35H,9-10,13-14,16-17,32H2,1-3H3,(H,34,36). The number of hydrogen-bond acceptors (Lipinski definition) is 4. The number of nitrogens with one attached hydrogen (secondary N) is 2. The van der Waals surface area contributed by atoms with Crippen molar-refractivity contribution in [2.45, 2.75) is 65.0 Å². The van der Waals surface area contributed by atoms with Gasteiger partial charge in [-0.15, -0.1) is 0 Å². The van der Waals surface area contributed by atoms with Gasteiger partial charge in [-0.1, -0.05) is 42.0 Å². The first-order chi connectivity index (χ1) is 17.3. The molecule has 36 heavy (non-hydrogen) atoms. The molecule has 5 N–H and O–H groups in total. The first-order valence-electron chi connectivity index (χ1n) is 13.1. The molecule has 3 aromatic carbocycles. The highest BCUT2D eigenvalue weighted by Crippen LogP contribution is 2.36. The third kappa shape index (κ3) is 4.98. The zero-order valence-electron chi connectivity index (χ0n) is 21.5. The van der Waals surface area contributed by atoms with E-state index in [1.807, 2.05) is 6.07 Å². The number of amides is 1. The maximum Gasteiger partial charge on any atom is 0.237 e. The van der Waals surface area contributed by atoms with Gasteiger partial charge in [-0.25, -0.2) is 0 Å². The van der Waals surface area contributed by atoms with Gasteiger partial charge in [-0.2, -0.15) is 0 Å². The Kier molecular flexibility index (Phi) is 6.76. The Morgan fingerprint density at radius 2 is 1.89 bits per heavy atom. The number of phenolic OH excluding ortho intramolecular Hbond substituents is 1. The van der Waals surface area contributed by atoms with Crippen LogP contribution in [0.4, 0.5) is 5.69 Å². The predicted octanol–water partition coefficient (Wildman–Crippen LogP) is 4.82. The molecule has 3 aromatic rings. The number of aryl methyl sites for hydroxylation is 3. The number of hydrogen-bond donors (Lipinski definition) is 4.